The van der Waals surface area contributed by atoms with Crippen molar-refractivity contribution in [3.8, 4) is 5.75 Å². The maximum Gasteiger partial charge on any atom is 0.119 e. The second kappa shape index (κ2) is 8.11. The van der Waals surface area contributed by atoms with Crippen LogP contribution in [0.25, 0.3) is 0 Å². The van der Waals surface area contributed by atoms with Gasteiger partial charge in [-0.3, -0.25) is 0 Å². The second-order valence-electron chi connectivity index (χ2n) is 4.83. The molecule has 18 heavy (non-hydrogen) atoms. The fourth-order valence-corrected chi connectivity index (χ4v) is 1.73. The molecule has 0 aliphatic carbocycles. The molecule has 0 aromatic heterocycles. The summed E-state index contributed by atoms with van der Waals surface area (Å²) in [6.45, 7) is 9.64. The zero-order chi connectivity index (χ0) is 13.4. The van der Waals surface area contributed by atoms with E-state index in [1.165, 1.54) is 11.1 Å². The molecule has 0 aliphatic heterocycles. The predicted octanol–water partition coefficient (Wildman–Crippen LogP) is 2.73. The lowest BCUT2D eigenvalue weighted by atomic mass is 10.0. The van der Waals surface area contributed by atoms with Gasteiger partial charge in [0.15, 0.2) is 0 Å². The molecule has 3 nitrogen and oxygen atoms in total. The van der Waals surface area contributed by atoms with Crippen molar-refractivity contribution in [2.75, 3.05) is 33.4 Å². The number of benzene rings is 1. The van der Waals surface area contributed by atoms with Crippen LogP contribution in [0.3, 0.4) is 0 Å². The van der Waals surface area contributed by atoms with E-state index in [2.05, 4.69) is 44.3 Å². The first kappa shape index (κ1) is 15.0. The van der Waals surface area contributed by atoms with Gasteiger partial charge in [-0.25, -0.2) is 0 Å². The lowest BCUT2D eigenvalue weighted by Crippen LogP contribution is -2.24. The van der Waals surface area contributed by atoms with Gasteiger partial charge in [-0.05, 0) is 36.1 Å². The van der Waals surface area contributed by atoms with Crippen LogP contribution >= 0.6 is 0 Å². The minimum atomic E-state index is 0.534. The highest BCUT2D eigenvalue weighted by atomic mass is 16.5. The monoisotopic (exact) mass is 251 g/mol. The number of rotatable bonds is 8. The first-order valence-electron chi connectivity index (χ1n) is 6.57. The molecular formula is C15H25NO2. The molecule has 0 unspecified atom stereocenters. The van der Waals surface area contributed by atoms with E-state index >= 15 is 0 Å². The Morgan fingerprint density at radius 1 is 1.11 bits per heavy atom. The summed E-state index contributed by atoms with van der Waals surface area (Å²) in [5, 5.41) is 3.26. The van der Waals surface area contributed by atoms with Gasteiger partial charge in [0.1, 0.15) is 12.4 Å². The summed E-state index contributed by atoms with van der Waals surface area (Å²) in [6, 6.07) is 6.43. The Labute approximate surface area is 110 Å². The van der Waals surface area contributed by atoms with Gasteiger partial charge < -0.3 is 14.8 Å². The van der Waals surface area contributed by atoms with Gasteiger partial charge in [0, 0.05) is 20.2 Å². The minimum absolute atomic E-state index is 0.534. The molecule has 0 fully saturated rings. The molecule has 102 valence electrons. The quantitative estimate of drug-likeness (QED) is 0.721. The number of hydrogen-bond donors (Lipinski definition) is 1. The molecule has 0 spiro atoms. The van der Waals surface area contributed by atoms with Gasteiger partial charge in [0.25, 0.3) is 0 Å². The number of aryl methyl sites for hydroxylation is 1. The molecule has 1 aromatic rings. The molecular weight excluding hydrogens is 226 g/mol. The summed E-state index contributed by atoms with van der Waals surface area (Å²) in [6.07, 6.45) is 0. The third kappa shape index (κ3) is 5.52. The Morgan fingerprint density at radius 3 is 2.50 bits per heavy atom. The van der Waals surface area contributed by atoms with Crippen molar-refractivity contribution >= 4 is 0 Å². The van der Waals surface area contributed by atoms with Crippen LogP contribution in [-0.2, 0) is 4.74 Å². The van der Waals surface area contributed by atoms with Gasteiger partial charge in [0.2, 0.25) is 0 Å². The molecule has 0 saturated heterocycles. The van der Waals surface area contributed by atoms with E-state index in [0.29, 0.717) is 12.5 Å². The van der Waals surface area contributed by atoms with Gasteiger partial charge in [-0.15, -0.1) is 0 Å². The second-order valence-corrected chi connectivity index (χ2v) is 4.83. The largest absolute Gasteiger partial charge is 0.492 e. The number of hydrogen-bond acceptors (Lipinski definition) is 3. The standard InChI is InChI=1S/C15H25NO2/c1-12(2)14-9-13(3)10-15(11-14)18-8-6-16-5-7-17-4/h9-12,16H,5-8H2,1-4H3. The van der Waals surface area contributed by atoms with Gasteiger partial charge >= 0.3 is 0 Å². The smallest absolute Gasteiger partial charge is 0.119 e. The summed E-state index contributed by atoms with van der Waals surface area (Å²) in [4.78, 5) is 0. The van der Waals surface area contributed by atoms with Crippen molar-refractivity contribution < 1.29 is 9.47 Å². The normalized spacial score (nSPS) is 10.9. The molecule has 0 amide bonds. The van der Waals surface area contributed by atoms with Crippen molar-refractivity contribution in [2.45, 2.75) is 26.7 Å². The topological polar surface area (TPSA) is 30.5 Å². The zero-order valence-corrected chi connectivity index (χ0v) is 12.0. The molecule has 0 radical (unpaired) electrons. The summed E-state index contributed by atoms with van der Waals surface area (Å²) in [7, 11) is 1.71. The summed E-state index contributed by atoms with van der Waals surface area (Å²) in [5.41, 5.74) is 2.58. The average Bonchev–Trinajstić information content (AvgIpc) is 2.33. The van der Waals surface area contributed by atoms with Crippen LogP contribution in [0.5, 0.6) is 5.75 Å². The molecule has 3 heteroatoms. The Bertz CT molecular complexity index is 350. The lowest BCUT2D eigenvalue weighted by Gasteiger charge is -2.12. The molecule has 0 atom stereocenters. The van der Waals surface area contributed by atoms with E-state index in [4.69, 9.17) is 9.47 Å². The lowest BCUT2D eigenvalue weighted by molar-refractivity contribution is 0.197. The predicted molar refractivity (Wildman–Crippen MR) is 75.5 cm³/mol. The first-order chi connectivity index (χ1) is 8.63. The van der Waals surface area contributed by atoms with Crippen LogP contribution in [-0.4, -0.2) is 33.4 Å². The van der Waals surface area contributed by atoms with Gasteiger partial charge in [-0.1, -0.05) is 19.9 Å². The minimum Gasteiger partial charge on any atom is -0.492 e. The maximum atomic E-state index is 5.75. The highest BCUT2D eigenvalue weighted by molar-refractivity contribution is 5.35. The van der Waals surface area contributed by atoms with Crippen molar-refractivity contribution in [1.82, 2.24) is 5.32 Å². The highest BCUT2D eigenvalue weighted by Gasteiger charge is 2.03. The van der Waals surface area contributed by atoms with Crippen LogP contribution in [0.4, 0.5) is 0 Å². The summed E-state index contributed by atoms with van der Waals surface area (Å²) < 4.78 is 10.7. The van der Waals surface area contributed by atoms with E-state index in [0.717, 1.165) is 25.4 Å². The van der Waals surface area contributed by atoms with Crippen LogP contribution in [0.2, 0.25) is 0 Å². The molecule has 0 heterocycles. The number of ether oxygens (including phenoxy) is 2. The number of methoxy groups -OCH3 is 1. The van der Waals surface area contributed by atoms with E-state index < -0.39 is 0 Å². The van der Waals surface area contributed by atoms with E-state index in [1.807, 2.05) is 0 Å². The van der Waals surface area contributed by atoms with Crippen LogP contribution in [0.1, 0.15) is 30.9 Å². The Kier molecular flexibility index (Phi) is 6.76. The van der Waals surface area contributed by atoms with Gasteiger partial charge in [0.05, 0.1) is 6.61 Å². The van der Waals surface area contributed by atoms with Crippen molar-refractivity contribution in [1.29, 1.82) is 0 Å². The summed E-state index contributed by atoms with van der Waals surface area (Å²) in [5.74, 6) is 1.50. The Hall–Kier alpha value is -1.06. The van der Waals surface area contributed by atoms with Crippen molar-refractivity contribution in [3.05, 3.63) is 29.3 Å². The zero-order valence-electron chi connectivity index (χ0n) is 12.0. The average molecular weight is 251 g/mol. The van der Waals surface area contributed by atoms with Crippen LogP contribution < -0.4 is 10.1 Å². The molecule has 0 saturated carbocycles. The number of nitrogens with one attached hydrogen (secondary N) is 1. The van der Waals surface area contributed by atoms with E-state index in [9.17, 15) is 0 Å². The molecule has 1 rings (SSSR count). The third-order valence-corrected chi connectivity index (χ3v) is 2.77. The van der Waals surface area contributed by atoms with E-state index in [1.54, 1.807) is 7.11 Å². The summed E-state index contributed by atoms with van der Waals surface area (Å²) >= 11 is 0. The van der Waals surface area contributed by atoms with Crippen LogP contribution in [0, 0.1) is 6.92 Å². The van der Waals surface area contributed by atoms with Crippen LogP contribution in [0.15, 0.2) is 18.2 Å². The highest BCUT2D eigenvalue weighted by Crippen LogP contribution is 2.22. The van der Waals surface area contributed by atoms with Crippen molar-refractivity contribution in [2.24, 2.45) is 0 Å². The maximum absolute atomic E-state index is 5.75. The fraction of sp³-hybridized carbons (Fsp3) is 0.600. The Morgan fingerprint density at radius 2 is 1.83 bits per heavy atom. The molecule has 0 aliphatic rings. The first-order valence-corrected chi connectivity index (χ1v) is 6.57. The van der Waals surface area contributed by atoms with Crippen molar-refractivity contribution in [3.63, 3.8) is 0 Å². The SMILES string of the molecule is COCCNCCOc1cc(C)cc(C(C)C)c1. The molecule has 1 aromatic carbocycles. The molecule has 1 N–H and O–H groups in total. The van der Waals surface area contributed by atoms with Gasteiger partial charge in [-0.2, -0.15) is 0 Å². The molecule has 0 bridgehead atoms. The Balaban J connectivity index is 2.37. The van der Waals surface area contributed by atoms with E-state index in [-0.39, 0.29) is 0 Å². The fourth-order valence-electron chi connectivity index (χ4n) is 1.73. The third-order valence-electron chi connectivity index (χ3n) is 2.77.